The highest BCUT2D eigenvalue weighted by Crippen LogP contribution is 2.32. The Labute approximate surface area is 121 Å². The number of carbonyl (C=O) groups excluding carboxylic acids is 1. The van der Waals surface area contributed by atoms with Crippen LogP contribution < -0.4 is 5.48 Å². The van der Waals surface area contributed by atoms with E-state index in [-0.39, 0.29) is 11.9 Å². The van der Waals surface area contributed by atoms with E-state index >= 15 is 0 Å². The maximum Gasteiger partial charge on any atom is 0.233 e. The number of piperidine rings is 1. The number of nitrogens with one attached hydrogen (secondary N) is 1. The Hall–Kier alpha value is -0.890. The van der Waals surface area contributed by atoms with E-state index in [0.29, 0.717) is 13.1 Å². The Kier molecular flexibility index (Phi) is 7.43. The number of rotatable bonds is 3. The predicted octanol–water partition coefficient (Wildman–Crippen LogP) is 1.82. The zero-order valence-electron chi connectivity index (χ0n) is 11.9. The summed E-state index contributed by atoms with van der Waals surface area (Å²) in [6.07, 6.45) is 1.54. The maximum absolute atomic E-state index is 12.1. The van der Waals surface area contributed by atoms with Gasteiger partial charge in [-0.05, 0) is 12.8 Å². The van der Waals surface area contributed by atoms with E-state index in [1.165, 1.54) is 0 Å². The van der Waals surface area contributed by atoms with Gasteiger partial charge >= 0.3 is 0 Å². The fourth-order valence-electron chi connectivity index (χ4n) is 1.86. The van der Waals surface area contributed by atoms with Crippen molar-refractivity contribution in [1.82, 2.24) is 10.4 Å². The van der Waals surface area contributed by atoms with Crippen LogP contribution in [0.25, 0.3) is 0 Å². The molecule has 0 spiro atoms. The summed E-state index contributed by atoms with van der Waals surface area (Å²) in [6, 6.07) is -0.219. The van der Waals surface area contributed by atoms with Gasteiger partial charge in [0.25, 0.3) is 0 Å². The molecule has 8 nitrogen and oxygen atoms in total. The molecule has 4 N–H and O–H groups in total. The fourth-order valence-corrected chi connectivity index (χ4v) is 2.13. The minimum absolute atomic E-state index is 0.0459. The molecule has 118 valence electrons. The first-order valence-corrected chi connectivity index (χ1v) is 7.52. The van der Waals surface area contributed by atoms with Gasteiger partial charge in [-0.1, -0.05) is 20.8 Å². The smallest absolute Gasteiger partial charge is 0.233 e. The van der Waals surface area contributed by atoms with Gasteiger partial charge in [0.2, 0.25) is 17.1 Å². The van der Waals surface area contributed by atoms with Gasteiger partial charge in [0, 0.05) is 25.1 Å². The molecule has 0 aromatic heterocycles. The van der Waals surface area contributed by atoms with Crippen molar-refractivity contribution in [3.05, 3.63) is 0 Å². The highest BCUT2D eigenvalue weighted by atomic mass is 32.3. The summed E-state index contributed by atoms with van der Waals surface area (Å²) in [4.78, 5) is 13.8. The lowest BCUT2D eigenvalue weighted by Gasteiger charge is -2.36. The summed E-state index contributed by atoms with van der Waals surface area (Å²) in [5.74, 6) is 0.0459. The predicted molar refractivity (Wildman–Crippen MR) is 75.4 cm³/mol. The van der Waals surface area contributed by atoms with Gasteiger partial charge in [0.05, 0.1) is 6.04 Å². The molecule has 1 aliphatic heterocycles. The largest absolute Gasteiger partial charge is 0.341 e. The van der Waals surface area contributed by atoms with Crippen molar-refractivity contribution in [2.45, 2.75) is 39.7 Å². The second-order valence-corrected chi connectivity index (χ2v) is 6.61. The van der Waals surface area contributed by atoms with Crippen molar-refractivity contribution >= 4 is 17.1 Å². The van der Waals surface area contributed by atoms with Crippen LogP contribution in [0.3, 0.4) is 0 Å². The Morgan fingerprint density at radius 3 is 2.40 bits per heavy atom. The van der Waals surface area contributed by atoms with Crippen LogP contribution in [0.5, 0.6) is 0 Å². The molecule has 0 saturated carbocycles. The number of nitriles is 1. The van der Waals surface area contributed by atoms with E-state index in [9.17, 15) is 4.79 Å². The molecule has 0 aromatic carbocycles. The Balaban J connectivity index is 0.00000172. The third kappa shape index (κ3) is 7.04. The molecule has 20 heavy (non-hydrogen) atoms. The van der Waals surface area contributed by atoms with Crippen molar-refractivity contribution in [3.8, 4) is 6.57 Å². The lowest BCUT2D eigenvalue weighted by atomic mass is 9.93. The summed E-state index contributed by atoms with van der Waals surface area (Å²) < 4.78 is 30.4. The molecule has 1 aliphatic rings. The third-order valence-electron chi connectivity index (χ3n) is 2.68. The number of hydrogen-bond acceptors (Lipinski definition) is 7. The molecule has 0 aliphatic carbocycles. The van der Waals surface area contributed by atoms with Crippen molar-refractivity contribution in [3.63, 3.8) is 0 Å². The summed E-state index contributed by atoms with van der Waals surface area (Å²) in [5, 5.41) is 6.50. The van der Waals surface area contributed by atoms with E-state index in [0.717, 1.165) is 12.8 Å². The SMILES string of the molecule is C#N.CC(C)(C)C(=O)N1CCCC(NOS(O)(O)O)C1. The van der Waals surface area contributed by atoms with Crippen LogP contribution in [0.1, 0.15) is 33.6 Å². The van der Waals surface area contributed by atoms with Gasteiger partial charge in [0.15, 0.2) is 0 Å². The number of amides is 1. The second-order valence-electron chi connectivity index (χ2n) is 5.51. The van der Waals surface area contributed by atoms with Gasteiger partial charge in [-0.25, -0.2) is 5.26 Å². The van der Waals surface area contributed by atoms with Gasteiger partial charge < -0.3 is 4.90 Å². The average Bonchev–Trinajstić information content (AvgIpc) is 2.36. The molecular weight excluding hydrogens is 286 g/mol. The van der Waals surface area contributed by atoms with Crippen LogP contribution in [0.15, 0.2) is 0 Å². The van der Waals surface area contributed by atoms with E-state index in [4.69, 9.17) is 18.9 Å². The molecule has 9 heteroatoms. The van der Waals surface area contributed by atoms with Crippen LogP contribution in [-0.4, -0.2) is 43.6 Å². The summed E-state index contributed by atoms with van der Waals surface area (Å²) >= 11 is -4.00. The molecular formula is C11H23N3O5S. The van der Waals surface area contributed by atoms with Gasteiger partial charge in [0.1, 0.15) is 0 Å². The summed E-state index contributed by atoms with van der Waals surface area (Å²) in [7, 11) is 0. The number of hydrogen-bond donors (Lipinski definition) is 4. The molecule has 0 aromatic rings. The number of hydroxylamine groups is 1. The minimum Gasteiger partial charge on any atom is -0.341 e. The number of nitrogens with zero attached hydrogens (tertiary/aromatic N) is 2. The zero-order chi connectivity index (χ0) is 16.0. The van der Waals surface area contributed by atoms with Gasteiger partial charge in [-0.2, -0.15) is 9.76 Å². The standard InChI is InChI=1S/C10H22N2O5S.CHN/c1-10(2,3)9(13)12-6-4-5-8(7-12)11-17-18(14,15)16;1-2/h8,11,14-16H,4-7H2,1-3H3;1H. The van der Waals surface area contributed by atoms with Gasteiger partial charge in [-0.3, -0.25) is 18.5 Å². The monoisotopic (exact) mass is 309 g/mol. The first-order chi connectivity index (χ1) is 9.09. The van der Waals surface area contributed by atoms with Crippen molar-refractivity contribution in [2.75, 3.05) is 13.1 Å². The molecule has 1 atom stereocenters. The molecule has 1 amide bonds. The minimum atomic E-state index is -4.00. The number of likely N-dealkylation sites (tertiary alicyclic amines) is 1. The van der Waals surface area contributed by atoms with Crippen molar-refractivity contribution in [2.24, 2.45) is 5.41 Å². The topological polar surface area (TPSA) is 126 Å². The van der Waals surface area contributed by atoms with E-state index in [1.54, 1.807) is 4.90 Å². The van der Waals surface area contributed by atoms with E-state index in [1.807, 2.05) is 20.8 Å². The molecule has 0 radical (unpaired) electrons. The number of carbonyl (C=O) groups is 1. The van der Waals surface area contributed by atoms with E-state index < -0.39 is 16.6 Å². The quantitative estimate of drug-likeness (QED) is 0.586. The van der Waals surface area contributed by atoms with E-state index in [2.05, 4.69) is 16.3 Å². The lowest BCUT2D eigenvalue weighted by molar-refractivity contribution is -0.141. The van der Waals surface area contributed by atoms with Crippen molar-refractivity contribution < 1.29 is 22.7 Å². The van der Waals surface area contributed by atoms with Gasteiger partial charge in [-0.15, -0.1) is 0 Å². The average molecular weight is 309 g/mol. The molecule has 1 unspecified atom stereocenters. The normalized spacial score (nSPS) is 20.8. The maximum atomic E-state index is 12.1. The third-order valence-corrected chi connectivity index (χ3v) is 3.00. The highest BCUT2D eigenvalue weighted by molar-refractivity contribution is 8.15. The van der Waals surface area contributed by atoms with Crippen LogP contribution in [0, 0.1) is 17.2 Å². The first kappa shape index (κ1) is 19.1. The molecule has 0 bridgehead atoms. The highest BCUT2D eigenvalue weighted by Gasteiger charge is 2.31. The lowest BCUT2D eigenvalue weighted by Crippen LogP contribution is -2.50. The first-order valence-electron chi connectivity index (χ1n) is 6.09. The van der Waals surface area contributed by atoms with Crippen LogP contribution in [-0.2, 0) is 9.08 Å². The van der Waals surface area contributed by atoms with Crippen molar-refractivity contribution in [1.29, 1.82) is 5.26 Å². The molecule has 1 heterocycles. The molecule has 1 fully saturated rings. The molecule has 1 saturated heterocycles. The zero-order valence-corrected chi connectivity index (χ0v) is 12.8. The Morgan fingerprint density at radius 2 is 1.95 bits per heavy atom. The van der Waals surface area contributed by atoms with Crippen LogP contribution in [0.4, 0.5) is 0 Å². The second kappa shape index (κ2) is 7.78. The Bertz CT molecular complexity index is 337. The summed E-state index contributed by atoms with van der Waals surface area (Å²) in [5.41, 5.74) is 1.95. The van der Waals surface area contributed by atoms with Crippen LogP contribution >= 0.6 is 11.2 Å². The summed E-state index contributed by atoms with van der Waals surface area (Å²) in [6.45, 7) is 10.2. The van der Waals surface area contributed by atoms with Crippen LogP contribution in [0.2, 0.25) is 0 Å². The Morgan fingerprint density at radius 1 is 1.40 bits per heavy atom. The molecule has 1 rings (SSSR count). The fraction of sp³-hybridized carbons (Fsp3) is 0.818.